The average molecular weight is 401 g/mol. The third-order valence-corrected chi connectivity index (χ3v) is 5.92. The fourth-order valence-electron chi connectivity index (χ4n) is 3.36. The summed E-state index contributed by atoms with van der Waals surface area (Å²) in [5.41, 5.74) is 1.17. The molecule has 0 bridgehead atoms. The van der Waals surface area contributed by atoms with E-state index in [4.69, 9.17) is 14.2 Å². The van der Waals surface area contributed by atoms with Crippen LogP contribution in [-0.4, -0.2) is 63.1 Å². The summed E-state index contributed by atoms with van der Waals surface area (Å²) >= 11 is 1.54. The molecule has 0 unspecified atom stereocenters. The van der Waals surface area contributed by atoms with Crippen LogP contribution in [0.25, 0.3) is 0 Å². The van der Waals surface area contributed by atoms with Crippen LogP contribution in [0.5, 0.6) is 17.2 Å². The Bertz CT molecular complexity index is 820. The van der Waals surface area contributed by atoms with Gasteiger partial charge in [0.1, 0.15) is 19.0 Å². The van der Waals surface area contributed by atoms with E-state index in [-0.39, 0.29) is 5.91 Å². The Labute approximate surface area is 169 Å². The summed E-state index contributed by atoms with van der Waals surface area (Å²) in [7, 11) is 1.67. The van der Waals surface area contributed by atoms with Crippen molar-refractivity contribution in [2.75, 3.05) is 57.2 Å². The predicted octanol–water partition coefficient (Wildman–Crippen LogP) is 2.91. The van der Waals surface area contributed by atoms with Gasteiger partial charge in [-0.15, -0.1) is 11.8 Å². The van der Waals surface area contributed by atoms with Crippen LogP contribution in [0, 0.1) is 0 Å². The van der Waals surface area contributed by atoms with E-state index in [9.17, 15) is 4.79 Å². The van der Waals surface area contributed by atoms with Gasteiger partial charge in [-0.3, -0.25) is 4.79 Å². The van der Waals surface area contributed by atoms with E-state index in [1.807, 2.05) is 35.2 Å². The number of fused-ring (bicyclic) bond motifs is 1. The minimum Gasteiger partial charge on any atom is -0.497 e. The van der Waals surface area contributed by atoms with E-state index in [0.29, 0.717) is 19.0 Å². The van der Waals surface area contributed by atoms with Crippen LogP contribution in [-0.2, 0) is 4.79 Å². The van der Waals surface area contributed by atoms with Crippen molar-refractivity contribution >= 4 is 23.4 Å². The van der Waals surface area contributed by atoms with Crippen LogP contribution in [0.1, 0.15) is 0 Å². The number of rotatable bonds is 5. The number of benzene rings is 2. The van der Waals surface area contributed by atoms with Crippen molar-refractivity contribution in [1.82, 2.24) is 4.90 Å². The molecule has 2 aromatic carbocycles. The number of ether oxygens (including phenoxy) is 3. The first-order chi connectivity index (χ1) is 13.7. The molecule has 6 nitrogen and oxygen atoms in total. The summed E-state index contributed by atoms with van der Waals surface area (Å²) in [4.78, 5) is 17.9. The highest BCUT2D eigenvalue weighted by Crippen LogP contribution is 2.34. The van der Waals surface area contributed by atoms with Crippen molar-refractivity contribution in [3.05, 3.63) is 42.5 Å². The lowest BCUT2D eigenvalue weighted by atomic mass is 10.2. The molecule has 1 amide bonds. The lowest BCUT2D eigenvalue weighted by Crippen LogP contribution is -2.49. The number of hydrogen-bond donors (Lipinski definition) is 0. The summed E-state index contributed by atoms with van der Waals surface area (Å²) in [5, 5.41) is 0. The topological polar surface area (TPSA) is 51.2 Å². The fourth-order valence-corrected chi connectivity index (χ4v) is 4.18. The molecule has 2 aliphatic heterocycles. The normalized spacial score (nSPS) is 16.0. The summed E-state index contributed by atoms with van der Waals surface area (Å²) < 4.78 is 16.4. The molecule has 0 atom stereocenters. The fraction of sp³-hybridized carbons (Fsp3) is 0.381. The molecule has 2 aliphatic rings. The minimum absolute atomic E-state index is 0.175. The Morgan fingerprint density at radius 1 is 1.00 bits per heavy atom. The maximum Gasteiger partial charge on any atom is 0.233 e. The highest BCUT2D eigenvalue weighted by Gasteiger charge is 2.21. The number of nitrogens with zero attached hydrogens (tertiary/aromatic N) is 2. The number of amides is 1. The Morgan fingerprint density at radius 2 is 1.71 bits per heavy atom. The Kier molecular flexibility index (Phi) is 5.81. The quantitative estimate of drug-likeness (QED) is 0.720. The summed E-state index contributed by atoms with van der Waals surface area (Å²) in [5.74, 6) is 3.00. The molecule has 28 heavy (non-hydrogen) atoms. The number of thioether (sulfide) groups is 1. The second kappa shape index (κ2) is 8.65. The van der Waals surface area contributed by atoms with Gasteiger partial charge in [0.15, 0.2) is 11.5 Å². The van der Waals surface area contributed by atoms with Crippen LogP contribution in [0.3, 0.4) is 0 Å². The lowest BCUT2D eigenvalue weighted by molar-refractivity contribution is -0.128. The van der Waals surface area contributed by atoms with Crippen molar-refractivity contribution < 1.29 is 19.0 Å². The number of carbonyl (C=O) groups excluding carboxylic acids is 1. The van der Waals surface area contributed by atoms with E-state index in [0.717, 1.165) is 48.3 Å². The first-order valence-electron chi connectivity index (χ1n) is 9.42. The van der Waals surface area contributed by atoms with Crippen LogP contribution in [0.4, 0.5) is 5.69 Å². The SMILES string of the molecule is COc1ccc(N2CCN(C(=O)CSc3ccc4c(c3)OCCO4)CC2)cc1. The molecule has 2 heterocycles. The van der Waals surface area contributed by atoms with E-state index in [1.165, 1.54) is 5.69 Å². The van der Waals surface area contributed by atoms with Crippen molar-refractivity contribution in [3.8, 4) is 17.2 Å². The van der Waals surface area contributed by atoms with E-state index < -0.39 is 0 Å². The third-order valence-electron chi connectivity index (χ3n) is 4.95. The molecule has 0 N–H and O–H groups in total. The average Bonchev–Trinajstić information content (AvgIpc) is 2.77. The molecular weight excluding hydrogens is 376 g/mol. The number of methoxy groups -OCH3 is 1. The smallest absolute Gasteiger partial charge is 0.233 e. The molecule has 2 aromatic rings. The van der Waals surface area contributed by atoms with Crippen molar-refractivity contribution in [2.24, 2.45) is 0 Å². The standard InChI is InChI=1S/C21H24N2O4S/c1-25-17-4-2-16(3-5-17)22-8-10-23(11-9-22)21(24)15-28-18-6-7-19-20(14-18)27-13-12-26-19/h2-7,14H,8-13,15H2,1H3. The second-order valence-electron chi connectivity index (χ2n) is 6.66. The lowest BCUT2D eigenvalue weighted by Gasteiger charge is -2.36. The first-order valence-corrected chi connectivity index (χ1v) is 10.4. The zero-order chi connectivity index (χ0) is 19.3. The monoisotopic (exact) mass is 400 g/mol. The van der Waals surface area contributed by atoms with Gasteiger partial charge in [-0.25, -0.2) is 0 Å². The number of carbonyl (C=O) groups is 1. The van der Waals surface area contributed by atoms with Crippen molar-refractivity contribution in [3.63, 3.8) is 0 Å². The molecule has 148 valence electrons. The van der Waals surface area contributed by atoms with E-state index in [1.54, 1.807) is 18.9 Å². The van der Waals surface area contributed by atoms with Gasteiger partial charge in [0.05, 0.1) is 12.9 Å². The van der Waals surface area contributed by atoms with E-state index >= 15 is 0 Å². The van der Waals surface area contributed by atoms with Gasteiger partial charge in [0.25, 0.3) is 0 Å². The predicted molar refractivity (Wildman–Crippen MR) is 110 cm³/mol. The van der Waals surface area contributed by atoms with Crippen molar-refractivity contribution in [2.45, 2.75) is 4.90 Å². The molecule has 1 fully saturated rings. The molecule has 7 heteroatoms. The highest BCUT2D eigenvalue weighted by molar-refractivity contribution is 8.00. The molecule has 4 rings (SSSR count). The number of piperazine rings is 1. The van der Waals surface area contributed by atoms with Crippen LogP contribution >= 0.6 is 11.8 Å². The molecule has 1 saturated heterocycles. The molecule has 0 aromatic heterocycles. The molecule has 0 aliphatic carbocycles. The van der Waals surface area contributed by atoms with Gasteiger partial charge in [-0.05, 0) is 42.5 Å². The Morgan fingerprint density at radius 3 is 2.43 bits per heavy atom. The van der Waals surface area contributed by atoms with Gasteiger partial charge in [0.2, 0.25) is 5.91 Å². The first kappa shape index (κ1) is 18.8. The third kappa shape index (κ3) is 4.30. The molecule has 0 saturated carbocycles. The number of anilines is 1. The molecular formula is C21H24N2O4S. The van der Waals surface area contributed by atoms with Crippen LogP contribution in [0.2, 0.25) is 0 Å². The van der Waals surface area contributed by atoms with E-state index in [2.05, 4.69) is 17.0 Å². The Hall–Kier alpha value is -2.54. The molecule has 0 spiro atoms. The summed E-state index contributed by atoms with van der Waals surface area (Å²) in [6.07, 6.45) is 0. The zero-order valence-corrected chi connectivity index (χ0v) is 16.7. The largest absolute Gasteiger partial charge is 0.497 e. The summed E-state index contributed by atoms with van der Waals surface area (Å²) in [6.45, 7) is 4.32. The van der Waals surface area contributed by atoms with Gasteiger partial charge in [0, 0.05) is 36.8 Å². The van der Waals surface area contributed by atoms with Gasteiger partial charge in [-0.1, -0.05) is 0 Å². The maximum atomic E-state index is 12.6. The van der Waals surface area contributed by atoms with Crippen molar-refractivity contribution in [1.29, 1.82) is 0 Å². The van der Waals surface area contributed by atoms with Gasteiger partial charge < -0.3 is 24.0 Å². The van der Waals surface area contributed by atoms with Crippen LogP contribution in [0.15, 0.2) is 47.4 Å². The van der Waals surface area contributed by atoms with Crippen LogP contribution < -0.4 is 19.1 Å². The summed E-state index contributed by atoms with van der Waals surface area (Å²) in [6, 6.07) is 13.9. The maximum absolute atomic E-state index is 12.6. The van der Waals surface area contributed by atoms with Gasteiger partial charge >= 0.3 is 0 Å². The molecule has 0 radical (unpaired) electrons. The number of hydrogen-bond acceptors (Lipinski definition) is 6. The van der Waals surface area contributed by atoms with Gasteiger partial charge in [-0.2, -0.15) is 0 Å². The second-order valence-corrected chi connectivity index (χ2v) is 7.71. The highest BCUT2D eigenvalue weighted by atomic mass is 32.2. The zero-order valence-electron chi connectivity index (χ0n) is 15.9. The Balaban J connectivity index is 1.27. The minimum atomic E-state index is 0.175.